The van der Waals surface area contributed by atoms with Crippen LogP contribution < -0.4 is 5.73 Å². The number of hydrogen-bond acceptors (Lipinski definition) is 1. The number of fused-ring (bicyclic) bond motifs is 1. The molecule has 11 heavy (non-hydrogen) atoms. The minimum atomic E-state index is 0.368. The molecule has 0 radical (unpaired) electrons. The first-order chi connectivity index (χ1) is 5.04. The van der Waals surface area contributed by atoms with Gasteiger partial charge in [0.05, 0.1) is 0 Å². The zero-order valence-electron chi connectivity index (χ0n) is 7.59. The van der Waals surface area contributed by atoms with Gasteiger partial charge in [0.15, 0.2) is 0 Å². The first-order valence-corrected chi connectivity index (χ1v) is 4.49. The van der Waals surface area contributed by atoms with Crippen molar-refractivity contribution >= 4 is 0 Å². The molecule has 1 nitrogen and oxygen atoms in total. The summed E-state index contributed by atoms with van der Waals surface area (Å²) >= 11 is 0. The molecule has 4 unspecified atom stereocenters. The summed E-state index contributed by atoms with van der Waals surface area (Å²) in [5.74, 6) is 2.30. The van der Waals surface area contributed by atoms with Crippen LogP contribution in [0, 0.1) is 23.2 Å². The molecule has 0 saturated heterocycles. The van der Waals surface area contributed by atoms with Gasteiger partial charge in [-0.1, -0.05) is 26.0 Å². The molecule has 0 heterocycles. The fraction of sp³-hybridized carbons (Fsp3) is 0.800. The normalized spacial score (nSPS) is 49.0. The lowest BCUT2D eigenvalue weighted by Crippen LogP contribution is -2.26. The van der Waals surface area contributed by atoms with Gasteiger partial charge in [-0.05, 0) is 24.7 Å². The van der Waals surface area contributed by atoms with Gasteiger partial charge < -0.3 is 5.73 Å². The Balaban J connectivity index is 2.13. The Kier molecular flexibility index (Phi) is 1.15. The van der Waals surface area contributed by atoms with Crippen molar-refractivity contribution in [3.8, 4) is 0 Å². The van der Waals surface area contributed by atoms with Gasteiger partial charge in [-0.3, -0.25) is 0 Å². The summed E-state index contributed by atoms with van der Waals surface area (Å²) in [6.45, 7) is 10.8. The number of allylic oxidation sites excluding steroid dienone is 1. The SMILES string of the molecule is C=C1C2C(C(C)N)C12C(C)C. The van der Waals surface area contributed by atoms with Gasteiger partial charge in [0, 0.05) is 11.5 Å². The molecule has 2 rings (SSSR count). The first kappa shape index (κ1) is 7.35. The van der Waals surface area contributed by atoms with E-state index in [1.807, 2.05) is 0 Å². The maximum Gasteiger partial charge on any atom is 0.00535 e. The van der Waals surface area contributed by atoms with Crippen LogP contribution in [0.4, 0.5) is 0 Å². The molecule has 0 aromatic rings. The standard InChI is InChI=1S/C10H17N/c1-5(2)10-6(3)8(10)9(10)7(4)11/h5,7-9H,3,11H2,1-2,4H3. The van der Waals surface area contributed by atoms with Gasteiger partial charge in [0.1, 0.15) is 0 Å². The summed E-state index contributed by atoms with van der Waals surface area (Å²) in [4.78, 5) is 0. The molecule has 0 aliphatic heterocycles. The van der Waals surface area contributed by atoms with Gasteiger partial charge in [0.25, 0.3) is 0 Å². The highest BCUT2D eigenvalue weighted by Gasteiger charge is 2.83. The molecular formula is C10H17N. The summed E-state index contributed by atoms with van der Waals surface area (Å²) in [7, 11) is 0. The van der Waals surface area contributed by atoms with E-state index in [-0.39, 0.29) is 0 Å². The topological polar surface area (TPSA) is 26.0 Å². The zero-order valence-corrected chi connectivity index (χ0v) is 7.59. The van der Waals surface area contributed by atoms with Gasteiger partial charge in [-0.2, -0.15) is 0 Å². The van der Waals surface area contributed by atoms with Crippen LogP contribution >= 0.6 is 0 Å². The molecule has 2 N–H and O–H groups in total. The van der Waals surface area contributed by atoms with E-state index in [4.69, 9.17) is 5.73 Å². The van der Waals surface area contributed by atoms with Crippen molar-refractivity contribution in [2.45, 2.75) is 26.8 Å². The Labute approximate surface area is 68.7 Å². The third kappa shape index (κ3) is 0.572. The molecule has 1 heteroatoms. The highest BCUT2D eigenvalue weighted by Crippen LogP contribution is 2.86. The molecule has 0 aromatic carbocycles. The Bertz CT molecular complexity index is 217. The van der Waals surface area contributed by atoms with Crippen LogP contribution in [-0.4, -0.2) is 6.04 Å². The summed E-state index contributed by atoms with van der Waals surface area (Å²) in [6, 6.07) is 0.368. The van der Waals surface area contributed by atoms with Crippen LogP contribution in [-0.2, 0) is 0 Å². The Hall–Kier alpha value is -0.300. The van der Waals surface area contributed by atoms with Gasteiger partial charge in [0.2, 0.25) is 0 Å². The largest absolute Gasteiger partial charge is 0.328 e. The first-order valence-electron chi connectivity index (χ1n) is 4.49. The highest BCUT2D eigenvalue weighted by atomic mass is 14.9. The van der Waals surface area contributed by atoms with Gasteiger partial charge in [-0.25, -0.2) is 0 Å². The van der Waals surface area contributed by atoms with Crippen molar-refractivity contribution in [1.29, 1.82) is 0 Å². The van der Waals surface area contributed by atoms with E-state index < -0.39 is 0 Å². The van der Waals surface area contributed by atoms with E-state index in [2.05, 4.69) is 27.4 Å². The minimum Gasteiger partial charge on any atom is -0.328 e. The second-order valence-corrected chi connectivity index (χ2v) is 4.48. The van der Waals surface area contributed by atoms with Crippen molar-refractivity contribution in [2.75, 3.05) is 0 Å². The molecule has 2 fully saturated rings. The van der Waals surface area contributed by atoms with Crippen molar-refractivity contribution < 1.29 is 0 Å². The minimum absolute atomic E-state index is 0.368. The summed E-state index contributed by atoms with van der Waals surface area (Å²) < 4.78 is 0. The molecule has 4 atom stereocenters. The van der Waals surface area contributed by atoms with Crippen LogP contribution in [0.3, 0.4) is 0 Å². The molecule has 0 bridgehead atoms. The lowest BCUT2D eigenvalue weighted by molar-refractivity contribution is 0.393. The molecule has 0 aromatic heterocycles. The molecule has 62 valence electrons. The fourth-order valence-corrected chi connectivity index (χ4v) is 3.08. The molecular weight excluding hydrogens is 134 g/mol. The lowest BCUT2D eigenvalue weighted by Gasteiger charge is -2.19. The summed E-state index contributed by atoms with van der Waals surface area (Å²) in [5, 5.41) is 0. The quantitative estimate of drug-likeness (QED) is 0.598. The van der Waals surface area contributed by atoms with E-state index >= 15 is 0 Å². The average Bonchev–Trinajstić information content (AvgIpc) is 2.68. The Morgan fingerprint density at radius 2 is 2.00 bits per heavy atom. The second kappa shape index (κ2) is 1.71. The maximum absolute atomic E-state index is 5.86. The van der Waals surface area contributed by atoms with E-state index in [0.29, 0.717) is 11.5 Å². The van der Waals surface area contributed by atoms with E-state index in [0.717, 1.165) is 17.8 Å². The highest BCUT2D eigenvalue weighted by molar-refractivity contribution is 5.54. The van der Waals surface area contributed by atoms with Gasteiger partial charge >= 0.3 is 0 Å². The van der Waals surface area contributed by atoms with Crippen LogP contribution in [0.1, 0.15) is 20.8 Å². The average molecular weight is 151 g/mol. The maximum atomic E-state index is 5.86. The lowest BCUT2D eigenvalue weighted by atomic mass is 9.88. The molecule has 2 aliphatic rings. The van der Waals surface area contributed by atoms with Crippen molar-refractivity contribution in [3.63, 3.8) is 0 Å². The van der Waals surface area contributed by atoms with E-state index in [9.17, 15) is 0 Å². The molecule has 0 amide bonds. The van der Waals surface area contributed by atoms with E-state index in [1.165, 1.54) is 5.57 Å². The van der Waals surface area contributed by atoms with E-state index in [1.54, 1.807) is 0 Å². The van der Waals surface area contributed by atoms with Crippen molar-refractivity contribution in [1.82, 2.24) is 0 Å². The van der Waals surface area contributed by atoms with Crippen LogP contribution in [0.5, 0.6) is 0 Å². The predicted octanol–water partition coefficient (Wildman–Crippen LogP) is 1.79. The number of hydrogen-bond donors (Lipinski definition) is 1. The van der Waals surface area contributed by atoms with Gasteiger partial charge in [-0.15, -0.1) is 0 Å². The fourth-order valence-electron chi connectivity index (χ4n) is 3.08. The monoisotopic (exact) mass is 151 g/mol. The van der Waals surface area contributed by atoms with Crippen LogP contribution in [0.15, 0.2) is 12.2 Å². The molecule has 2 aliphatic carbocycles. The predicted molar refractivity (Wildman–Crippen MR) is 47.0 cm³/mol. The zero-order chi connectivity index (χ0) is 8.39. The molecule has 2 saturated carbocycles. The summed E-state index contributed by atoms with van der Waals surface area (Å²) in [6.07, 6.45) is 0. The molecule has 0 spiro atoms. The third-order valence-corrected chi connectivity index (χ3v) is 3.69. The van der Waals surface area contributed by atoms with Crippen LogP contribution in [0.2, 0.25) is 0 Å². The van der Waals surface area contributed by atoms with Crippen LogP contribution in [0.25, 0.3) is 0 Å². The van der Waals surface area contributed by atoms with Crippen molar-refractivity contribution in [3.05, 3.63) is 12.2 Å². The van der Waals surface area contributed by atoms with Crippen molar-refractivity contribution in [2.24, 2.45) is 28.9 Å². The Morgan fingerprint density at radius 3 is 2.09 bits per heavy atom. The number of nitrogens with two attached hydrogens (primary N) is 1. The smallest absolute Gasteiger partial charge is 0.00535 e. The Morgan fingerprint density at radius 1 is 1.45 bits per heavy atom. The third-order valence-electron chi connectivity index (χ3n) is 3.69. The number of rotatable bonds is 2. The second-order valence-electron chi connectivity index (χ2n) is 4.48. The summed E-state index contributed by atoms with van der Waals surface area (Å²) in [5.41, 5.74) is 7.82.